The molecule has 1 aromatic heterocycles. The first-order valence-electron chi connectivity index (χ1n) is 14.7. The lowest BCUT2D eigenvalue weighted by Crippen LogP contribution is -2.58. The van der Waals surface area contributed by atoms with Gasteiger partial charge in [-0.25, -0.2) is 9.07 Å². The van der Waals surface area contributed by atoms with Gasteiger partial charge < -0.3 is 16.2 Å². The van der Waals surface area contributed by atoms with Gasteiger partial charge in [-0.1, -0.05) is 44.2 Å². The molecule has 42 heavy (non-hydrogen) atoms. The molecule has 4 aliphatic rings. The molecule has 6 rings (SSSR count). The second kappa shape index (κ2) is 10.6. The number of fused-ring (bicyclic) bond motifs is 6. The van der Waals surface area contributed by atoms with Crippen LogP contribution in [0.5, 0.6) is 0 Å². The lowest BCUT2D eigenvalue weighted by atomic mass is 9.44. The molecule has 1 aromatic carbocycles. The van der Waals surface area contributed by atoms with E-state index in [9.17, 15) is 23.9 Å². The zero-order chi connectivity index (χ0) is 30.0. The van der Waals surface area contributed by atoms with Crippen molar-refractivity contribution in [2.45, 2.75) is 59.0 Å². The van der Waals surface area contributed by atoms with Crippen LogP contribution in [0.2, 0.25) is 0 Å². The summed E-state index contributed by atoms with van der Waals surface area (Å²) in [4.78, 5) is 36.5. The Hall–Kier alpha value is -2.98. The van der Waals surface area contributed by atoms with Crippen LogP contribution >= 0.6 is 11.8 Å². The maximum absolute atomic E-state index is 13.1. The predicted molar refractivity (Wildman–Crippen MR) is 159 cm³/mol. The fourth-order valence-electron chi connectivity index (χ4n) is 9.16. The molecule has 2 amide bonds. The van der Waals surface area contributed by atoms with Crippen molar-refractivity contribution in [3.8, 4) is 5.69 Å². The summed E-state index contributed by atoms with van der Waals surface area (Å²) in [5.41, 5.74) is 9.03. The van der Waals surface area contributed by atoms with Crippen molar-refractivity contribution in [1.82, 2.24) is 15.1 Å². The van der Waals surface area contributed by atoms with Gasteiger partial charge in [0.15, 0.2) is 5.12 Å². The third-order valence-electron chi connectivity index (χ3n) is 10.7. The van der Waals surface area contributed by atoms with Gasteiger partial charge in [0, 0.05) is 5.56 Å². The number of nitrogens with zero attached hydrogens (tertiary/aromatic N) is 2. The molecule has 223 valence electrons. The Morgan fingerprint density at radius 1 is 1.26 bits per heavy atom. The van der Waals surface area contributed by atoms with Crippen molar-refractivity contribution in [2.24, 2.45) is 40.2 Å². The number of amides is 2. The van der Waals surface area contributed by atoms with Crippen LogP contribution in [0.15, 0.2) is 36.0 Å². The number of alkyl halides is 1. The molecule has 0 bridgehead atoms. The highest BCUT2D eigenvalue weighted by molar-refractivity contribution is 8.13. The number of nitrogens with one attached hydrogen (secondary N) is 1. The largest absolute Gasteiger partial charge is 0.393 e. The van der Waals surface area contributed by atoms with E-state index in [2.05, 4.69) is 32.2 Å². The van der Waals surface area contributed by atoms with Crippen LogP contribution in [0.1, 0.15) is 68.1 Å². The number of carbonyl (C=O) groups excluding carboxylic acids is 3. The van der Waals surface area contributed by atoms with E-state index < -0.39 is 23.4 Å². The van der Waals surface area contributed by atoms with Gasteiger partial charge in [0.05, 0.1) is 36.1 Å². The Morgan fingerprint density at radius 2 is 2.05 bits per heavy atom. The number of benzene rings is 1. The number of halogens is 1. The second-order valence-corrected chi connectivity index (χ2v) is 13.9. The number of primary amides is 1. The lowest BCUT2D eigenvalue weighted by Gasteiger charge is -2.61. The van der Waals surface area contributed by atoms with Gasteiger partial charge in [-0.2, -0.15) is 5.10 Å². The van der Waals surface area contributed by atoms with E-state index >= 15 is 0 Å². The molecule has 10 heteroatoms. The fraction of sp³-hybridized carbons (Fsp3) is 0.531. The van der Waals surface area contributed by atoms with Crippen LogP contribution in [0.3, 0.4) is 0 Å². The average Bonchev–Trinajstić information content (AvgIpc) is 3.50. The number of aromatic nitrogens is 2. The molecule has 2 aromatic rings. The molecular weight excluding hydrogens is 555 g/mol. The van der Waals surface area contributed by atoms with Crippen molar-refractivity contribution in [3.63, 3.8) is 0 Å². The number of allylic oxidation sites excluding steroid dienone is 1. The monoisotopic (exact) mass is 593 g/mol. The minimum Gasteiger partial charge on any atom is -0.393 e. The average molecular weight is 594 g/mol. The van der Waals surface area contributed by atoms with Gasteiger partial charge in [-0.05, 0) is 96.4 Å². The Kier molecular flexibility index (Phi) is 7.37. The summed E-state index contributed by atoms with van der Waals surface area (Å²) in [6.07, 6.45) is 7.35. The first-order valence-corrected chi connectivity index (χ1v) is 15.7. The molecule has 0 spiro atoms. The first-order chi connectivity index (χ1) is 20.0. The number of aliphatic hydroxyl groups excluding tert-OH is 1. The Labute approximate surface area is 249 Å². The van der Waals surface area contributed by atoms with E-state index in [1.807, 2.05) is 16.9 Å². The van der Waals surface area contributed by atoms with E-state index in [0.29, 0.717) is 24.3 Å². The van der Waals surface area contributed by atoms with Crippen LogP contribution in [0, 0.1) is 40.4 Å². The van der Waals surface area contributed by atoms with Gasteiger partial charge in [0.25, 0.3) is 5.91 Å². The molecule has 1 radical (unpaired) electrons. The minimum atomic E-state index is -0.719. The van der Waals surface area contributed by atoms with Crippen molar-refractivity contribution < 1.29 is 23.9 Å². The van der Waals surface area contributed by atoms with Gasteiger partial charge in [-0.15, -0.1) is 0 Å². The summed E-state index contributed by atoms with van der Waals surface area (Å²) in [7, 11) is 0. The van der Waals surface area contributed by atoms with Crippen LogP contribution in [-0.2, 0) is 16.0 Å². The second-order valence-electron chi connectivity index (χ2n) is 13.0. The van der Waals surface area contributed by atoms with Crippen LogP contribution in [-0.4, -0.2) is 50.5 Å². The number of nitrogens with two attached hydrogens (primary N) is 1. The number of hydrogen-bond donors (Lipinski definition) is 3. The van der Waals surface area contributed by atoms with E-state index in [1.165, 1.54) is 5.57 Å². The van der Waals surface area contributed by atoms with Crippen molar-refractivity contribution in [3.05, 3.63) is 58.8 Å². The van der Waals surface area contributed by atoms with E-state index in [4.69, 9.17) is 10.8 Å². The number of aliphatic hydroxyl groups is 1. The maximum atomic E-state index is 13.1. The van der Waals surface area contributed by atoms with E-state index in [0.717, 1.165) is 53.9 Å². The molecule has 1 heterocycles. The summed E-state index contributed by atoms with van der Waals surface area (Å²) >= 11 is 0.747. The molecule has 7 atom stereocenters. The quantitative estimate of drug-likeness (QED) is 0.460. The topological polar surface area (TPSA) is 127 Å². The Morgan fingerprint density at radius 3 is 2.79 bits per heavy atom. The molecular formula is C32H38FN4O4S. The van der Waals surface area contributed by atoms with Crippen molar-refractivity contribution >= 4 is 34.8 Å². The van der Waals surface area contributed by atoms with E-state index in [-0.39, 0.29) is 40.7 Å². The highest BCUT2D eigenvalue weighted by Crippen LogP contribution is 2.68. The molecule has 0 aliphatic heterocycles. The van der Waals surface area contributed by atoms with Gasteiger partial charge in [-0.3, -0.25) is 14.4 Å². The van der Waals surface area contributed by atoms with Gasteiger partial charge in [0.1, 0.15) is 6.01 Å². The zero-order valence-electron chi connectivity index (χ0n) is 24.2. The Balaban J connectivity index is 1.32. The first kappa shape index (κ1) is 29.1. The smallest absolute Gasteiger partial charge is 0.251 e. The SMILES string of the molecule is C[C@H]1C[C@@H]2[C@H]([C@@H](O)C[C@@]3(C)[C](C(=O)SCF)CC[C@@H]23)[C@@]2(C)Cc3cnn(-c4cccc(C(=O)NCC(N)=O)c4)c3C=C12. The highest BCUT2D eigenvalue weighted by Gasteiger charge is 2.64. The summed E-state index contributed by atoms with van der Waals surface area (Å²) in [6.45, 7) is 6.44. The van der Waals surface area contributed by atoms with Gasteiger partial charge >= 0.3 is 0 Å². The number of thioether (sulfide) groups is 1. The molecule has 4 N–H and O–H groups in total. The summed E-state index contributed by atoms with van der Waals surface area (Å²) in [5.74, 6) is 0.697. The van der Waals surface area contributed by atoms with Crippen molar-refractivity contribution in [1.29, 1.82) is 0 Å². The normalized spacial score (nSPS) is 33.5. The van der Waals surface area contributed by atoms with Crippen LogP contribution < -0.4 is 11.1 Å². The Bertz CT molecular complexity index is 1470. The third kappa shape index (κ3) is 4.53. The summed E-state index contributed by atoms with van der Waals surface area (Å²) < 4.78 is 14.9. The van der Waals surface area contributed by atoms with Crippen LogP contribution in [0.25, 0.3) is 11.8 Å². The molecule has 3 fully saturated rings. The number of rotatable bonds is 6. The number of hydrogen-bond acceptors (Lipinski definition) is 6. The summed E-state index contributed by atoms with van der Waals surface area (Å²) in [6, 6.07) is 6.40. The molecule has 0 saturated heterocycles. The number of carbonyl (C=O) groups is 3. The fourth-order valence-corrected chi connectivity index (χ4v) is 9.77. The maximum Gasteiger partial charge on any atom is 0.251 e. The third-order valence-corrected chi connectivity index (χ3v) is 11.4. The van der Waals surface area contributed by atoms with Crippen LogP contribution in [0.4, 0.5) is 4.39 Å². The summed E-state index contributed by atoms with van der Waals surface area (Å²) in [5, 5.41) is 18.9. The highest BCUT2D eigenvalue weighted by atomic mass is 32.2. The predicted octanol–water partition coefficient (Wildman–Crippen LogP) is 4.25. The zero-order valence-corrected chi connectivity index (χ0v) is 25.0. The minimum absolute atomic E-state index is 0.0510. The molecule has 4 aliphatic carbocycles. The standard InChI is InChI=1S/C32H38FN4O4S/c1-17-9-21-22-7-8-23(30(41)42-16-33)31(22,2)13-26(38)28(21)32(3)12-19-14-36-37(25(19)11-24(17)32)20-6-4-5-18(10-20)29(40)35-15-27(34)39/h4-6,10-11,14,17,21-22,26,28,38H,7-9,12-13,15-16H2,1-3H3,(H2,34,39)(H,35,40)/t17-,21-,22-,26-,28+,31+,32-/m0/s1. The lowest BCUT2D eigenvalue weighted by molar-refractivity contribution is -0.125. The van der Waals surface area contributed by atoms with Gasteiger partial charge in [0.2, 0.25) is 5.91 Å². The van der Waals surface area contributed by atoms with Crippen molar-refractivity contribution in [2.75, 3.05) is 12.6 Å². The molecule has 3 saturated carbocycles. The molecule has 8 nitrogen and oxygen atoms in total. The molecule has 0 unspecified atom stereocenters. The van der Waals surface area contributed by atoms with E-state index in [1.54, 1.807) is 18.2 Å².